The molecule has 1 N–H and O–H groups in total. The van der Waals surface area contributed by atoms with Gasteiger partial charge in [-0.15, -0.1) is 0 Å². The Bertz CT molecular complexity index is 465. The molecular weight excluding hydrogens is 242 g/mol. The Labute approximate surface area is 124 Å². The van der Waals surface area contributed by atoms with E-state index in [2.05, 4.69) is 44.3 Å². The van der Waals surface area contributed by atoms with Gasteiger partial charge in [0, 0.05) is 11.7 Å². The lowest BCUT2D eigenvalue weighted by Gasteiger charge is -2.32. The number of fused-ring (bicyclic) bond motifs is 1. The van der Waals surface area contributed by atoms with Gasteiger partial charge < -0.3 is 5.32 Å². The van der Waals surface area contributed by atoms with Gasteiger partial charge in [-0.25, -0.2) is 0 Å². The first-order valence-corrected chi connectivity index (χ1v) is 8.50. The first kappa shape index (κ1) is 14.0. The SMILES string of the molecule is CC1CCc2cc(CC3CCC(C)C(C)C3)ccc2N1. The summed E-state index contributed by atoms with van der Waals surface area (Å²) in [6, 6.07) is 7.77. The lowest BCUT2D eigenvalue weighted by atomic mass is 9.74. The van der Waals surface area contributed by atoms with Gasteiger partial charge in [0.05, 0.1) is 0 Å². The van der Waals surface area contributed by atoms with Crippen molar-refractivity contribution in [3.63, 3.8) is 0 Å². The molecule has 0 aromatic heterocycles. The van der Waals surface area contributed by atoms with Crippen LogP contribution in [0.1, 0.15) is 57.6 Å². The van der Waals surface area contributed by atoms with Crippen molar-refractivity contribution in [3.8, 4) is 0 Å². The standard InChI is InChI=1S/C19H29N/c1-13-4-6-16(10-14(13)2)11-17-7-9-19-18(12-17)8-5-15(3)20-19/h7,9,12-16,20H,4-6,8,10-11H2,1-3H3. The van der Waals surface area contributed by atoms with E-state index >= 15 is 0 Å². The third kappa shape index (κ3) is 3.02. The van der Waals surface area contributed by atoms with Crippen molar-refractivity contribution in [2.75, 3.05) is 5.32 Å². The molecule has 1 fully saturated rings. The van der Waals surface area contributed by atoms with Crippen LogP contribution in [-0.2, 0) is 12.8 Å². The molecule has 1 heterocycles. The third-order valence-electron chi connectivity index (χ3n) is 5.65. The number of nitrogens with one attached hydrogen (secondary N) is 1. The molecule has 20 heavy (non-hydrogen) atoms. The topological polar surface area (TPSA) is 12.0 Å². The van der Waals surface area contributed by atoms with E-state index in [1.807, 2.05) is 0 Å². The van der Waals surface area contributed by atoms with E-state index in [4.69, 9.17) is 0 Å². The van der Waals surface area contributed by atoms with Crippen LogP contribution in [0.5, 0.6) is 0 Å². The van der Waals surface area contributed by atoms with Crippen LogP contribution in [0.3, 0.4) is 0 Å². The van der Waals surface area contributed by atoms with Gasteiger partial charge in [0.2, 0.25) is 0 Å². The van der Waals surface area contributed by atoms with E-state index in [0.717, 1.165) is 17.8 Å². The molecule has 1 saturated carbocycles. The Morgan fingerprint density at radius 3 is 2.70 bits per heavy atom. The Balaban J connectivity index is 1.66. The van der Waals surface area contributed by atoms with Crippen molar-refractivity contribution in [2.45, 2.75) is 65.3 Å². The van der Waals surface area contributed by atoms with E-state index in [-0.39, 0.29) is 0 Å². The summed E-state index contributed by atoms with van der Waals surface area (Å²) in [5, 5.41) is 3.60. The van der Waals surface area contributed by atoms with Crippen LogP contribution in [0.25, 0.3) is 0 Å². The van der Waals surface area contributed by atoms with Gasteiger partial charge >= 0.3 is 0 Å². The van der Waals surface area contributed by atoms with Crippen molar-refractivity contribution in [1.29, 1.82) is 0 Å². The fourth-order valence-electron chi connectivity index (χ4n) is 4.01. The van der Waals surface area contributed by atoms with Crippen LogP contribution >= 0.6 is 0 Å². The smallest absolute Gasteiger partial charge is 0.0374 e. The summed E-state index contributed by atoms with van der Waals surface area (Å²) in [7, 11) is 0. The normalized spacial score (nSPS) is 33.4. The second-order valence-corrected chi connectivity index (χ2v) is 7.41. The van der Waals surface area contributed by atoms with Gasteiger partial charge in [-0.1, -0.05) is 32.4 Å². The minimum absolute atomic E-state index is 0.633. The second-order valence-electron chi connectivity index (χ2n) is 7.41. The highest BCUT2D eigenvalue weighted by molar-refractivity contribution is 5.55. The van der Waals surface area contributed by atoms with Gasteiger partial charge in [0.15, 0.2) is 0 Å². The first-order valence-electron chi connectivity index (χ1n) is 8.50. The first-order chi connectivity index (χ1) is 9.61. The minimum Gasteiger partial charge on any atom is -0.382 e. The van der Waals surface area contributed by atoms with Crippen molar-refractivity contribution in [3.05, 3.63) is 29.3 Å². The number of hydrogen-bond acceptors (Lipinski definition) is 1. The van der Waals surface area contributed by atoms with Crippen LogP contribution in [-0.4, -0.2) is 6.04 Å². The summed E-state index contributed by atoms with van der Waals surface area (Å²) in [5.41, 5.74) is 4.47. The zero-order valence-corrected chi connectivity index (χ0v) is 13.3. The highest BCUT2D eigenvalue weighted by Crippen LogP contribution is 2.35. The van der Waals surface area contributed by atoms with E-state index in [1.165, 1.54) is 49.8 Å². The summed E-state index contributed by atoms with van der Waals surface area (Å²) in [5.74, 6) is 2.75. The summed E-state index contributed by atoms with van der Waals surface area (Å²) < 4.78 is 0. The Hall–Kier alpha value is -0.980. The van der Waals surface area contributed by atoms with Crippen molar-refractivity contribution in [1.82, 2.24) is 0 Å². The van der Waals surface area contributed by atoms with Crippen LogP contribution in [0.4, 0.5) is 5.69 Å². The number of hydrogen-bond donors (Lipinski definition) is 1. The van der Waals surface area contributed by atoms with Gasteiger partial charge in [-0.2, -0.15) is 0 Å². The van der Waals surface area contributed by atoms with Crippen LogP contribution in [0.2, 0.25) is 0 Å². The van der Waals surface area contributed by atoms with Gasteiger partial charge in [-0.05, 0) is 74.0 Å². The lowest BCUT2D eigenvalue weighted by molar-refractivity contribution is 0.207. The molecule has 4 unspecified atom stereocenters. The molecule has 1 aliphatic carbocycles. The molecule has 0 radical (unpaired) electrons. The average Bonchev–Trinajstić information content (AvgIpc) is 2.43. The maximum absolute atomic E-state index is 3.60. The summed E-state index contributed by atoms with van der Waals surface area (Å²) in [6.45, 7) is 7.14. The molecule has 110 valence electrons. The molecule has 1 heteroatoms. The Kier molecular flexibility index (Phi) is 4.05. The zero-order valence-electron chi connectivity index (χ0n) is 13.3. The average molecular weight is 271 g/mol. The van der Waals surface area contributed by atoms with E-state index in [0.29, 0.717) is 6.04 Å². The van der Waals surface area contributed by atoms with Gasteiger partial charge in [0.1, 0.15) is 0 Å². The Morgan fingerprint density at radius 2 is 1.90 bits per heavy atom. The maximum atomic E-state index is 3.60. The number of aryl methyl sites for hydroxylation is 1. The summed E-state index contributed by atoms with van der Waals surface area (Å²) in [4.78, 5) is 0. The number of benzene rings is 1. The molecule has 1 aromatic rings. The molecule has 1 aliphatic heterocycles. The van der Waals surface area contributed by atoms with E-state index < -0.39 is 0 Å². The Morgan fingerprint density at radius 1 is 1.05 bits per heavy atom. The van der Waals surface area contributed by atoms with Crippen LogP contribution < -0.4 is 5.32 Å². The maximum Gasteiger partial charge on any atom is 0.0374 e. The highest BCUT2D eigenvalue weighted by atomic mass is 14.9. The molecule has 2 aliphatic rings. The minimum atomic E-state index is 0.633. The molecule has 0 saturated heterocycles. The van der Waals surface area contributed by atoms with Crippen molar-refractivity contribution < 1.29 is 0 Å². The zero-order chi connectivity index (χ0) is 14.1. The largest absolute Gasteiger partial charge is 0.382 e. The third-order valence-corrected chi connectivity index (χ3v) is 5.65. The predicted molar refractivity (Wildman–Crippen MR) is 87.2 cm³/mol. The summed E-state index contributed by atoms with van der Waals surface area (Å²) >= 11 is 0. The second kappa shape index (κ2) is 5.79. The molecule has 4 atom stereocenters. The molecule has 1 aromatic carbocycles. The van der Waals surface area contributed by atoms with Crippen LogP contribution in [0.15, 0.2) is 18.2 Å². The van der Waals surface area contributed by atoms with Gasteiger partial charge in [0.25, 0.3) is 0 Å². The number of rotatable bonds is 2. The van der Waals surface area contributed by atoms with Crippen LogP contribution in [0, 0.1) is 17.8 Å². The monoisotopic (exact) mass is 271 g/mol. The van der Waals surface area contributed by atoms with Crippen molar-refractivity contribution >= 4 is 5.69 Å². The molecule has 1 nitrogen and oxygen atoms in total. The predicted octanol–water partition coefficient (Wildman–Crippen LogP) is 5.05. The molecular formula is C19H29N. The van der Waals surface area contributed by atoms with Gasteiger partial charge in [-0.3, -0.25) is 0 Å². The fourth-order valence-corrected chi connectivity index (χ4v) is 4.01. The van der Waals surface area contributed by atoms with Crippen molar-refractivity contribution in [2.24, 2.45) is 17.8 Å². The fraction of sp³-hybridized carbons (Fsp3) is 0.684. The molecule has 3 rings (SSSR count). The molecule has 0 bridgehead atoms. The highest BCUT2D eigenvalue weighted by Gasteiger charge is 2.25. The van der Waals surface area contributed by atoms with E-state index in [9.17, 15) is 0 Å². The number of anilines is 1. The lowest BCUT2D eigenvalue weighted by Crippen LogP contribution is -2.23. The quantitative estimate of drug-likeness (QED) is 0.794. The van der Waals surface area contributed by atoms with E-state index in [1.54, 1.807) is 5.56 Å². The summed E-state index contributed by atoms with van der Waals surface area (Å²) in [6.07, 6.45) is 8.09. The molecule has 0 amide bonds. The molecule has 0 spiro atoms.